The number of nitrogens with zero attached hydrogens (tertiary/aromatic N) is 1. The van der Waals surface area contributed by atoms with Crippen molar-refractivity contribution in [2.75, 3.05) is 11.9 Å². The van der Waals surface area contributed by atoms with Gasteiger partial charge in [0.25, 0.3) is 5.91 Å². The minimum absolute atomic E-state index is 0.384. The number of hydrogen-bond donors (Lipinski definition) is 3. The Kier molecular flexibility index (Phi) is 4.67. The number of aryl methyl sites for hydroxylation is 2. The van der Waals surface area contributed by atoms with Crippen LogP contribution in [0.5, 0.6) is 0 Å². The third-order valence-corrected chi connectivity index (χ3v) is 4.89. The predicted octanol–water partition coefficient (Wildman–Crippen LogP) is 1.82. The quantitative estimate of drug-likeness (QED) is 0.716. The molecule has 2 fully saturated rings. The van der Waals surface area contributed by atoms with E-state index in [1.165, 1.54) is 0 Å². The van der Waals surface area contributed by atoms with E-state index in [0.29, 0.717) is 18.5 Å². The van der Waals surface area contributed by atoms with Crippen LogP contribution in [-0.4, -0.2) is 40.9 Å². The van der Waals surface area contributed by atoms with Crippen molar-refractivity contribution < 1.29 is 19.2 Å². The maximum absolute atomic E-state index is 12.5. The van der Waals surface area contributed by atoms with Crippen molar-refractivity contribution in [1.82, 2.24) is 15.5 Å². The zero-order chi connectivity index (χ0) is 18.9. The molecule has 2 aliphatic rings. The molecule has 6 amide bonds. The maximum atomic E-state index is 12.5. The van der Waals surface area contributed by atoms with E-state index in [1.54, 1.807) is 6.07 Å². The SMILES string of the molecule is Cc1ccc(NC(=O)NC(=O)CN2C(=O)NC3(CCCC3)C2=O)c(C)c1. The molecule has 8 heteroatoms. The largest absolute Gasteiger partial charge is 0.325 e. The molecular weight excluding hydrogens is 336 g/mol. The standard InChI is InChI=1S/C18H22N4O4/c1-11-5-6-13(12(2)9-11)19-16(25)20-14(23)10-22-15(24)18(21-17(22)26)7-3-4-8-18/h5-6,9H,3-4,7-8,10H2,1-2H3,(H,21,26)(H2,19,20,23,25). The second kappa shape index (κ2) is 6.78. The second-order valence-electron chi connectivity index (χ2n) is 6.93. The summed E-state index contributed by atoms with van der Waals surface area (Å²) in [7, 11) is 0. The predicted molar refractivity (Wildman–Crippen MR) is 94.5 cm³/mol. The number of anilines is 1. The molecular formula is C18H22N4O4. The molecule has 1 heterocycles. The summed E-state index contributed by atoms with van der Waals surface area (Å²) in [6.07, 6.45) is 2.90. The number of carbonyl (C=O) groups excluding carboxylic acids is 4. The van der Waals surface area contributed by atoms with Crippen LogP contribution in [-0.2, 0) is 9.59 Å². The molecule has 1 spiro atoms. The van der Waals surface area contributed by atoms with E-state index in [9.17, 15) is 19.2 Å². The Bertz CT molecular complexity index is 783. The molecule has 3 N–H and O–H groups in total. The Balaban J connectivity index is 1.57. The van der Waals surface area contributed by atoms with Gasteiger partial charge in [0.2, 0.25) is 5.91 Å². The molecule has 8 nitrogen and oxygen atoms in total. The van der Waals surface area contributed by atoms with Gasteiger partial charge < -0.3 is 10.6 Å². The van der Waals surface area contributed by atoms with Crippen molar-refractivity contribution in [2.45, 2.75) is 45.1 Å². The first-order chi connectivity index (χ1) is 12.3. The number of nitrogens with one attached hydrogen (secondary N) is 3. The summed E-state index contributed by atoms with van der Waals surface area (Å²) in [6, 6.07) is 4.21. The number of carbonyl (C=O) groups is 4. The molecule has 26 heavy (non-hydrogen) atoms. The first kappa shape index (κ1) is 17.9. The van der Waals surface area contributed by atoms with Gasteiger partial charge in [-0.05, 0) is 38.3 Å². The normalized spacial score (nSPS) is 18.2. The van der Waals surface area contributed by atoms with E-state index in [1.807, 2.05) is 26.0 Å². The highest BCUT2D eigenvalue weighted by molar-refractivity contribution is 6.10. The zero-order valence-corrected chi connectivity index (χ0v) is 14.8. The van der Waals surface area contributed by atoms with Crippen LogP contribution < -0.4 is 16.0 Å². The summed E-state index contributed by atoms with van der Waals surface area (Å²) < 4.78 is 0. The number of amides is 6. The molecule has 0 unspecified atom stereocenters. The van der Waals surface area contributed by atoms with Gasteiger partial charge in [-0.1, -0.05) is 30.5 Å². The Morgan fingerprint density at radius 1 is 1.19 bits per heavy atom. The van der Waals surface area contributed by atoms with Gasteiger partial charge >= 0.3 is 12.1 Å². The molecule has 1 saturated carbocycles. The number of hydrogen-bond acceptors (Lipinski definition) is 4. The number of rotatable bonds is 3. The van der Waals surface area contributed by atoms with Crippen LogP contribution in [0.1, 0.15) is 36.8 Å². The average Bonchev–Trinajstić information content (AvgIpc) is 3.11. The van der Waals surface area contributed by atoms with Crippen LogP contribution in [0.4, 0.5) is 15.3 Å². The fourth-order valence-corrected chi connectivity index (χ4v) is 3.55. The van der Waals surface area contributed by atoms with Crippen LogP contribution >= 0.6 is 0 Å². The summed E-state index contributed by atoms with van der Waals surface area (Å²) in [4.78, 5) is 49.5. The van der Waals surface area contributed by atoms with E-state index in [4.69, 9.17) is 0 Å². The molecule has 1 aliphatic heterocycles. The highest BCUT2D eigenvalue weighted by Crippen LogP contribution is 2.34. The molecule has 0 aromatic heterocycles. The van der Waals surface area contributed by atoms with Crippen LogP contribution in [0.25, 0.3) is 0 Å². The monoisotopic (exact) mass is 358 g/mol. The van der Waals surface area contributed by atoms with Crippen molar-refractivity contribution in [2.24, 2.45) is 0 Å². The van der Waals surface area contributed by atoms with E-state index in [0.717, 1.165) is 28.9 Å². The van der Waals surface area contributed by atoms with Gasteiger partial charge in [-0.15, -0.1) is 0 Å². The molecule has 0 atom stereocenters. The highest BCUT2D eigenvalue weighted by atomic mass is 16.2. The molecule has 1 saturated heterocycles. The van der Waals surface area contributed by atoms with Crippen LogP contribution in [0, 0.1) is 13.8 Å². The summed E-state index contributed by atoms with van der Waals surface area (Å²) in [5, 5.41) is 7.44. The Morgan fingerprint density at radius 2 is 1.88 bits per heavy atom. The molecule has 1 aromatic carbocycles. The lowest BCUT2D eigenvalue weighted by atomic mass is 9.98. The van der Waals surface area contributed by atoms with E-state index in [2.05, 4.69) is 16.0 Å². The molecule has 3 rings (SSSR count). The lowest BCUT2D eigenvalue weighted by molar-refractivity contribution is -0.134. The summed E-state index contributed by atoms with van der Waals surface area (Å²) in [5.74, 6) is -1.10. The van der Waals surface area contributed by atoms with Crippen LogP contribution in [0.15, 0.2) is 18.2 Å². The average molecular weight is 358 g/mol. The van der Waals surface area contributed by atoms with Gasteiger partial charge in [0.05, 0.1) is 0 Å². The summed E-state index contributed by atoms with van der Waals surface area (Å²) >= 11 is 0. The van der Waals surface area contributed by atoms with Crippen LogP contribution in [0.2, 0.25) is 0 Å². The molecule has 1 aliphatic carbocycles. The van der Waals surface area contributed by atoms with Gasteiger partial charge in [-0.3, -0.25) is 19.8 Å². The smallest absolute Gasteiger partial charge is 0.323 e. The van der Waals surface area contributed by atoms with Gasteiger partial charge in [-0.25, -0.2) is 9.59 Å². The summed E-state index contributed by atoms with van der Waals surface area (Å²) in [6.45, 7) is 3.31. The van der Waals surface area contributed by atoms with Crippen molar-refractivity contribution in [3.05, 3.63) is 29.3 Å². The van der Waals surface area contributed by atoms with Crippen molar-refractivity contribution in [3.63, 3.8) is 0 Å². The fraction of sp³-hybridized carbons (Fsp3) is 0.444. The lowest BCUT2D eigenvalue weighted by Gasteiger charge is -2.19. The van der Waals surface area contributed by atoms with E-state index in [-0.39, 0.29) is 5.91 Å². The third kappa shape index (κ3) is 3.40. The topological polar surface area (TPSA) is 108 Å². The minimum atomic E-state index is -0.862. The minimum Gasteiger partial charge on any atom is -0.323 e. The van der Waals surface area contributed by atoms with Crippen molar-refractivity contribution >= 4 is 29.6 Å². The van der Waals surface area contributed by atoms with Crippen molar-refractivity contribution in [3.8, 4) is 0 Å². The van der Waals surface area contributed by atoms with Crippen LogP contribution in [0.3, 0.4) is 0 Å². The van der Waals surface area contributed by atoms with Gasteiger partial charge in [0.15, 0.2) is 0 Å². The van der Waals surface area contributed by atoms with Gasteiger partial charge in [-0.2, -0.15) is 0 Å². The molecule has 1 aromatic rings. The number of benzene rings is 1. The Hall–Kier alpha value is -2.90. The first-order valence-electron chi connectivity index (χ1n) is 8.63. The fourth-order valence-electron chi connectivity index (χ4n) is 3.55. The molecule has 0 bridgehead atoms. The first-order valence-corrected chi connectivity index (χ1v) is 8.63. The van der Waals surface area contributed by atoms with E-state index < -0.39 is 30.1 Å². The highest BCUT2D eigenvalue weighted by Gasteiger charge is 2.52. The second-order valence-corrected chi connectivity index (χ2v) is 6.93. The molecule has 0 radical (unpaired) electrons. The van der Waals surface area contributed by atoms with Gasteiger partial charge in [0, 0.05) is 5.69 Å². The summed E-state index contributed by atoms with van der Waals surface area (Å²) in [5.41, 5.74) is 1.65. The Labute approximate surface area is 151 Å². The maximum Gasteiger partial charge on any atom is 0.325 e. The molecule has 138 valence electrons. The number of imide groups is 2. The Morgan fingerprint density at radius 3 is 2.54 bits per heavy atom. The number of urea groups is 2. The lowest BCUT2D eigenvalue weighted by Crippen LogP contribution is -2.46. The third-order valence-electron chi connectivity index (χ3n) is 4.89. The van der Waals surface area contributed by atoms with Crippen molar-refractivity contribution in [1.29, 1.82) is 0 Å². The van der Waals surface area contributed by atoms with E-state index >= 15 is 0 Å². The van der Waals surface area contributed by atoms with Gasteiger partial charge in [0.1, 0.15) is 12.1 Å². The zero-order valence-electron chi connectivity index (χ0n) is 14.8.